The lowest BCUT2D eigenvalue weighted by Crippen LogP contribution is -2.28. The van der Waals surface area contributed by atoms with E-state index < -0.39 is 0 Å². The third-order valence-electron chi connectivity index (χ3n) is 5.34. The second-order valence-corrected chi connectivity index (χ2v) is 8.61. The van der Waals surface area contributed by atoms with E-state index in [0.717, 1.165) is 16.7 Å². The first-order valence-electron chi connectivity index (χ1n) is 10.1. The number of halogens is 1. The molecule has 1 aliphatic heterocycles. The van der Waals surface area contributed by atoms with Gasteiger partial charge in [-0.2, -0.15) is 0 Å². The second-order valence-electron chi connectivity index (χ2n) is 7.54. The van der Waals surface area contributed by atoms with E-state index in [4.69, 9.17) is 0 Å². The van der Waals surface area contributed by atoms with Crippen LogP contribution < -0.4 is 5.32 Å². The van der Waals surface area contributed by atoms with E-state index in [9.17, 15) is 14.0 Å². The lowest BCUT2D eigenvalue weighted by Gasteiger charge is -2.24. The van der Waals surface area contributed by atoms with Crippen LogP contribution >= 0.6 is 11.8 Å². The maximum Gasteiger partial charge on any atom is 0.251 e. The Balaban J connectivity index is 1.43. The van der Waals surface area contributed by atoms with Crippen molar-refractivity contribution < 1.29 is 14.0 Å². The smallest absolute Gasteiger partial charge is 0.251 e. The first-order chi connectivity index (χ1) is 15.0. The van der Waals surface area contributed by atoms with Crippen molar-refractivity contribution in [1.82, 2.24) is 10.2 Å². The van der Waals surface area contributed by atoms with Crippen LogP contribution in [0.1, 0.15) is 45.4 Å². The normalized spacial score (nSPS) is 16.9. The van der Waals surface area contributed by atoms with Crippen molar-refractivity contribution in [2.45, 2.75) is 24.9 Å². The fraction of sp³-hybridized carbons (Fsp3) is 0.200. The molecule has 4 rings (SSSR count). The molecule has 0 saturated carbocycles. The van der Waals surface area contributed by atoms with E-state index >= 15 is 0 Å². The molecule has 1 heterocycles. The fourth-order valence-electron chi connectivity index (χ4n) is 3.60. The van der Waals surface area contributed by atoms with Gasteiger partial charge in [-0.3, -0.25) is 9.59 Å². The summed E-state index contributed by atoms with van der Waals surface area (Å²) in [5.74, 6) is 0.0745. The molecule has 0 spiro atoms. The molecular formula is C25H23FN2O2S. The molecule has 1 N–H and O–H groups in total. The SMILES string of the molecule is C[C@@H](NC(=O)c1ccc([C@H]2SCC(=O)N2Cc2ccccc2)cc1)c1ccc(F)cc1. The van der Waals surface area contributed by atoms with Gasteiger partial charge < -0.3 is 10.2 Å². The van der Waals surface area contributed by atoms with Crippen LogP contribution in [0.15, 0.2) is 78.9 Å². The molecule has 0 radical (unpaired) electrons. The van der Waals surface area contributed by atoms with Crippen molar-refractivity contribution >= 4 is 23.6 Å². The number of carbonyl (C=O) groups is 2. The molecule has 1 saturated heterocycles. The summed E-state index contributed by atoms with van der Waals surface area (Å²) in [4.78, 5) is 26.9. The molecule has 4 nitrogen and oxygen atoms in total. The number of amides is 2. The Hall–Kier alpha value is -3.12. The quantitative estimate of drug-likeness (QED) is 0.588. The van der Waals surface area contributed by atoms with Crippen molar-refractivity contribution in [3.8, 4) is 0 Å². The maximum atomic E-state index is 13.1. The predicted molar refractivity (Wildman–Crippen MR) is 121 cm³/mol. The van der Waals surface area contributed by atoms with Crippen LogP contribution in [0.5, 0.6) is 0 Å². The minimum atomic E-state index is -0.303. The highest BCUT2D eigenvalue weighted by Gasteiger charge is 2.32. The average molecular weight is 435 g/mol. The Bertz CT molecular complexity index is 1060. The molecule has 2 atom stereocenters. The number of thioether (sulfide) groups is 1. The summed E-state index contributed by atoms with van der Waals surface area (Å²) in [6, 6.07) is 23.2. The van der Waals surface area contributed by atoms with Crippen molar-refractivity contribution in [2.24, 2.45) is 0 Å². The van der Waals surface area contributed by atoms with Gasteiger partial charge in [0.05, 0.1) is 11.8 Å². The molecule has 2 amide bonds. The van der Waals surface area contributed by atoms with Gasteiger partial charge in [-0.15, -0.1) is 11.8 Å². The highest BCUT2D eigenvalue weighted by Crippen LogP contribution is 2.39. The minimum Gasteiger partial charge on any atom is -0.346 e. The number of hydrogen-bond donors (Lipinski definition) is 1. The first kappa shape index (κ1) is 21.1. The van der Waals surface area contributed by atoms with Crippen LogP contribution in [-0.4, -0.2) is 22.5 Å². The highest BCUT2D eigenvalue weighted by molar-refractivity contribution is 8.00. The summed E-state index contributed by atoms with van der Waals surface area (Å²) in [5.41, 5.74) is 3.47. The van der Waals surface area contributed by atoms with Crippen LogP contribution in [0.25, 0.3) is 0 Å². The van der Waals surface area contributed by atoms with Gasteiger partial charge in [0.2, 0.25) is 5.91 Å². The minimum absolute atomic E-state index is 0.0667. The number of nitrogens with one attached hydrogen (secondary N) is 1. The van der Waals surface area contributed by atoms with Crippen LogP contribution in [0.3, 0.4) is 0 Å². The molecule has 3 aromatic carbocycles. The lowest BCUT2D eigenvalue weighted by molar-refractivity contribution is -0.128. The summed E-state index contributed by atoms with van der Waals surface area (Å²) < 4.78 is 13.1. The Morgan fingerprint density at radius 3 is 2.42 bits per heavy atom. The second kappa shape index (κ2) is 9.35. The molecule has 6 heteroatoms. The molecule has 158 valence electrons. The van der Waals surface area contributed by atoms with Crippen LogP contribution in [0, 0.1) is 5.82 Å². The number of rotatable bonds is 6. The van der Waals surface area contributed by atoms with Crippen LogP contribution in [0.4, 0.5) is 4.39 Å². The van der Waals surface area contributed by atoms with Crippen molar-refractivity contribution in [1.29, 1.82) is 0 Å². The van der Waals surface area contributed by atoms with Crippen molar-refractivity contribution in [3.63, 3.8) is 0 Å². The zero-order chi connectivity index (χ0) is 21.8. The molecular weight excluding hydrogens is 411 g/mol. The topological polar surface area (TPSA) is 49.4 Å². The fourth-order valence-corrected chi connectivity index (χ4v) is 4.78. The molecule has 1 fully saturated rings. The Kier molecular flexibility index (Phi) is 6.37. The Morgan fingerprint density at radius 2 is 1.74 bits per heavy atom. The van der Waals surface area contributed by atoms with Gasteiger partial charge in [-0.1, -0.05) is 54.6 Å². The molecule has 0 unspecified atom stereocenters. The van der Waals surface area contributed by atoms with E-state index in [0.29, 0.717) is 17.9 Å². The van der Waals surface area contributed by atoms with Gasteiger partial charge in [0.1, 0.15) is 11.2 Å². The molecule has 1 aliphatic rings. The monoisotopic (exact) mass is 434 g/mol. The highest BCUT2D eigenvalue weighted by atomic mass is 32.2. The third-order valence-corrected chi connectivity index (χ3v) is 6.60. The largest absolute Gasteiger partial charge is 0.346 e. The van der Waals surface area contributed by atoms with E-state index in [2.05, 4.69) is 5.32 Å². The molecule has 3 aromatic rings. The lowest BCUT2D eigenvalue weighted by atomic mass is 10.1. The molecule has 31 heavy (non-hydrogen) atoms. The standard InChI is InChI=1S/C25H23FN2O2S/c1-17(19-11-13-22(26)14-12-19)27-24(30)20-7-9-21(10-8-20)25-28(23(29)16-31-25)15-18-5-3-2-4-6-18/h2-14,17,25H,15-16H2,1H3,(H,27,30)/t17-,25-/m1/s1. The molecule has 0 aromatic heterocycles. The summed E-state index contributed by atoms with van der Waals surface area (Å²) in [7, 11) is 0. The van der Waals surface area contributed by atoms with Crippen molar-refractivity contribution in [2.75, 3.05) is 5.75 Å². The van der Waals surface area contributed by atoms with Crippen LogP contribution in [0.2, 0.25) is 0 Å². The van der Waals surface area contributed by atoms with E-state index in [1.807, 2.05) is 54.3 Å². The van der Waals surface area contributed by atoms with E-state index in [-0.39, 0.29) is 29.0 Å². The van der Waals surface area contributed by atoms with E-state index in [1.165, 1.54) is 12.1 Å². The van der Waals surface area contributed by atoms with Gasteiger partial charge in [0.25, 0.3) is 5.91 Å². The van der Waals surface area contributed by atoms with Gasteiger partial charge in [-0.05, 0) is 47.9 Å². The summed E-state index contributed by atoms with van der Waals surface area (Å²) >= 11 is 1.60. The predicted octanol–water partition coefficient (Wildman–Crippen LogP) is 5.09. The zero-order valence-electron chi connectivity index (χ0n) is 17.1. The summed E-state index contributed by atoms with van der Waals surface area (Å²) in [6.07, 6.45) is 0. The summed E-state index contributed by atoms with van der Waals surface area (Å²) in [6.45, 7) is 2.43. The number of carbonyl (C=O) groups excluding carboxylic acids is 2. The van der Waals surface area contributed by atoms with Gasteiger partial charge in [0.15, 0.2) is 0 Å². The maximum absolute atomic E-state index is 13.1. The van der Waals surface area contributed by atoms with Gasteiger partial charge in [-0.25, -0.2) is 4.39 Å². The summed E-state index contributed by atoms with van der Waals surface area (Å²) in [5, 5.41) is 2.87. The van der Waals surface area contributed by atoms with Crippen LogP contribution in [-0.2, 0) is 11.3 Å². The van der Waals surface area contributed by atoms with Gasteiger partial charge >= 0.3 is 0 Å². The number of hydrogen-bond acceptors (Lipinski definition) is 3. The Labute approximate surface area is 185 Å². The number of benzene rings is 3. The van der Waals surface area contributed by atoms with Gasteiger partial charge in [0, 0.05) is 12.1 Å². The molecule has 0 aliphatic carbocycles. The van der Waals surface area contributed by atoms with Crippen molar-refractivity contribution in [3.05, 3.63) is 107 Å². The average Bonchev–Trinajstić information content (AvgIpc) is 3.15. The molecule has 0 bridgehead atoms. The Morgan fingerprint density at radius 1 is 1.06 bits per heavy atom. The first-order valence-corrected chi connectivity index (χ1v) is 11.2. The van der Waals surface area contributed by atoms with E-state index in [1.54, 1.807) is 36.0 Å². The zero-order valence-corrected chi connectivity index (χ0v) is 17.9. The number of nitrogens with zero attached hydrogens (tertiary/aromatic N) is 1. The third kappa shape index (κ3) is 4.97.